The van der Waals surface area contributed by atoms with Gasteiger partial charge in [-0.05, 0) is 37.3 Å². The normalized spacial score (nSPS) is 18.7. The highest BCUT2D eigenvalue weighted by Crippen LogP contribution is 2.27. The minimum Gasteiger partial charge on any atom is -0.258 e. The minimum absolute atomic E-state index is 0.749. The van der Waals surface area contributed by atoms with Gasteiger partial charge in [-0.15, -0.1) is 0 Å². The Bertz CT molecular complexity index is 334. The molecule has 0 bridgehead atoms. The Kier molecular flexibility index (Phi) is 4.15. The van der Waals surface area contributed by atoms with Gasteiger partial charge < -0.3 is 0 Å². The second kappa shape index (κ2) is 5.83. The van der Waals surface area contributed by atoms with Gasteiger partial charge in [0.25, 0.3) is 0 Å². The van der Waals surface area contributed by atoms with E-state index in [1.807, 2.05) is 6.07 Å². The van der Waals surface area contributed by atoms with Crippen LogP contribution in [0.15, 0.2) is 35.3 Å². The van der Waals surface area contributed by atoms with E-state index in [0.29, 0.717) is 0 Å². The Morgan fingerprint density at radius 1 is 1.12 bits per heavy atom. The van der Waals surface area contributed by atoms with Crippen molar-refractivity contribution < 1.29 is 0 Å². The van der Waals surface area contributed by atoms with E-state index in [9.17, 15) is 0 Å². The molecule has 1 nitrogen and oxygen atoms in total. The summed E-state index contributed by atoms with van der Waals surface area (Å²) in [7, 11) is 0. The molecular formula is C15H21N. The number of benzene rings is 1. The van der Waals surface area contributed by atoms with Crippen molar-refractivity contribution in [2.75, 3.05) is 0 Å². The van der Waals surface area contributed by atoms with Gasteiger partial charge in [0, 0.05) is 5.71 Å². The van der Waals surface area contributed by atoms with Crippen molar-refractivity contribution in [3.05, 3.63) is 30.3 Å². The number of rotatable bonds is 3. The fourth-order valence-corrected chi connectivity index (χ4v) is 2.56. The summed E-state index contributed by atoms with van der Waals surface area (Å²) < 4.78 is 0. The predicted octanol–water partition coefficient (Wildman–Crippen LogP) is 4.75. The molecule has 1 fully saturated rings. The molecule has 1 aromatic carbocycles. The van der Waals surface area contributed by atoms with Crippen molar-refractivity contribution in [2.45, 2.75) is 45.4 Å². The molecule has 0 radical (unpaired) electrons. The van der Waals surface area contributed by atoms with Gasteiger partial charge in [0.05, 0.1) is 5.69 Å². The Labute approximate surface area is 98.6 Å². The van der Waals surface area contributed by atoms with Crippen molar-refractivity contribution in [1.82, 2.24) is 0 Å². The molecule has 0 aromatic heterocycles. The summed E-state index contributed by atoms with van der Waals surface area (Å²) in [5, 5.41) is 0. The Morgan fingerprint density at radius 3 is 2.44 bits per heavy atom. The fourth-order valence-electron chi connectivity index (χ4n) is 2.56. The molecule has 2 rings (SSSR count). The summed E-state index contributed by atoms with van der Waals surface area (Å²) in [6.07, 6.45) is 7.98. The van der Waals surface area contributed by atoms with Gasteiger partial charge in [0.15, 0.2) is 0 Å². The monoisotopic (exact) mass is 215 g/mol. The van der Waals surface area contributed by atoms with Gasteiger partial charge in [-0.1, -0.05) is 44.4 Å². The van der Waals surface area contributed by atoms with E-state index in [-0.39, 0.29) is 0 Å². The number of para-hydroxylation sites is 1. The van der Waals surface area contributed by atoms with Gasteiger partial charge in [0.2, 0.25) is 0 Å². The highest BCUT2D eigenvalue weighted by molar-refractivity contribution is 5.88. The molecule has 0 atom stereocenters. The standard InChI is InChI=1S/C15H21N/c1-2-15(13-9-5-3-6-10-13)16-14-11-7-4-8-12-14/h4,7-8,11-13H,2-3,5-6,9-10H2,1H3. The summed E-state index contributed by atoms with van der Waals surface area (Å²) in [5.41, 5.74) is 2.52. The fraction of sp³-hybridized carbons (Fsp3) is 0.533. The summed E-state index contributed by atoms with van der Waals surface area (Å²) in [6, 6.07) is 10.4. The number of nitrogens with zero attached hydrogens (tertiary/aromatic N) is 1. The highest BCUT2D eigenvalue weighted by atomic mass is 14.8. The first-order valence-electron chi connectivity index (χ1n) is 6.52. The topological polar surface area (TPSA) is 12.4 Å². The van der Waals surface area contributed by atoms with Crippen LogP contribution >= 0.6 is 0 Å². The van der Waals surface area contributed by atoms with Gasteiger partial charge >= 0.3 is 0 Å². The summed E-state index contributed by atoms with van der Waals surface area (Å²) in [6.45, 7) is 2.23. The van der Waals surface area contributed by atoms with Crippen molar-refractivity contribution >= 4 is 11.4 Å². The first kappa shape index (κ1) is 11.4. The van der Waals surface area contributed by atoms with E-state index < -0.39 is 0 Å². The number of aliphatic imine (C=N–C) groups is 1. The van der Waals surface area contributed by atoms with Gasteiger partial charge in [0.1, 0.15) is 0 Å². The van der Waals surface area contributed by atoms with Gasteiger partial charge in [-0.3, -0.25) is 4.99 Å². The lowest BCUT2D eigenvalue weighted by Gasteiger charge is -2.22. The third-order valence-electron chi connectivity index (χ3n) is 3.47. The second-order valence-electron chi connectivity index (χ2n) is 4.63. The van der Waals surface area contributed by atoms with Crippen LogP contribution in [-0.4, -0.2) is 5.71 Å². The van der Waals surface area contributed by atoms with Crippen LogP contribution in [0.2, 0.25) is 0 Å². The van der Waals surface area contributed by atoms with E-state index in [1.165, 1.54) is 37.8 Å². The van der Waals surface area contributed by atoms with E-state index in [0.717, 1.165) is 18.0 Å². The van der Waals surface area contributed by atoms with Crippen LogP contribution in [0, 0.1) is 5.92 Å². The maximum absolute atomic E-state index is 4.82. The zero-order valence-corrected chi connectivity index (χ0v) is 10.2. The number of hydrogen-bond donors (Lipinski definition) is 0. The molecule has 16 heavy (non-hydrogen) atoms. The lowest BCUT2D eigenvalue weighted by atomic mass is 9.85. The molecular weight excluding hydrogens is 194 g/mol. The molecule has 86 valence electrons. The van der Waals surface area contributed by atoms with Crippen LogP contribution in [0.1, 0.15) is 45.4 Å². The first-order valence-corrected chi connectivity index (χ1v) is 6.52. The number of hydrogen-bond acceptors (Lipinski definition) is 1. The largest absolute Gasteiger partial charge is 0.258 e. The third kappa shape index (κ3) is 2.94. The molecule has 1 saturated carbocycles. The lowest BCUT2D eigenvalue weighted by molar-refractivity contribution is 0.436. The predicted molar refractivity (Wildman–Crippen MR) is 70.4 cm³/mol. The SMILES string of the molecule is CCC(=Nc1ccccc1)C1CCCCC1. The molecule has 0 saturated heterocycles. The molecule has 0 heterocycles. The van der Waals surface area contributed by atoms with E-state index in [2.05, 4.69) is 31.2 Å². The molecule has 0 spiro atoms. The maximum atomic E-state index is 4.82. The summed E-state index contributed by atoms with van der Waals surface area (Å²) in [4.78, 5) is 4.82. The first-order chi connectivity index (χ1) is 7.90. The van der Waals surface area contributed by atoms with Crippen LogP contribution in [0.4, 0.5) is 5.69 Å². The molecule has 1 heteroatoms. The zero-order valence-electron chi connectivity index (χ0n) is 10.2. The second-order valence-corrected chi connectivity index (χ2v) is 4.63. The van der Waals surface area contributed by atoms with Crippen molar-refractivity contribution in [1.29, 1.82) is 0 Å². The average molecular weight is 215 g/mol. The van der Waals surface area contributed by atoms with Crippen molar-refractivity contribution in [3.8, 4) is 0 Å². The third-order valence-corrected chi connectivity index (χ3v) is 3.47. The maximum Gasteiger partial charge on any atom is 0.0629 e. The van der Waals surface area contributed by atoms with E-state index >= 15 is 0 Å². The Hall–Kier alpha value is -1.11. The van der Waals surface area contributed by atoms with Crippen LogP contribution < -0.4 is 0 Å². The Balaban J connectivity index is 2.12. The average Bonchev–Trinajstić information content (AvgIpc) is 2.38. The van der Waals surface area contributed by atoms with Crippen molar-refractivity contribution in [3.63, 3.8) is 0 Å². The summed E-state index contributed by atoms with van der Waals surface area (Å²) >= 11 is 0. The van der Waals surface area contributed by atoms with Gasteiger partial charge in [-0.25, -0.2) is 0 Å². The molecule has 0 N–H and O–H groups in total. The van der Waals surface area contributed by atoms with Crippen LogP contribution in [-0.2, 0) is 0 Å². The molecule has 1 aromatic rings. The molecule has 0 aliphatic heterocycles. The smallest absolute Gasteiger partial charge is 0.0629 e. The van der Waals surface area contributed by atoms with Crippen molar-refractivity contribution in [2.24, 2.45) is 10.9 Å². The zero-order chi connectivity index (χ0) is 11.2. The van der Waals surface area contributed by atoms with Gasteiger partial charge in [-0.2, -0.15) is 0 Å². The molecule has 0 unspecified atom stereocenters. The molecule has 0 amide bonds. The lowest BCUT2D eigenvalue weighted by Crippen LogP contribution is -2.16. The highest BCUT2D eigenvalue weighted by Gasteiger charge is 2.17. The van der Waals surface area contributed by atoms with E-state index in [1.54, 1.807) is 0 Å². The molecule has 1 aliphatic rings. The molecule has 1 aliphatic carbocycles. The van der Waals surface area contributed by atoms with E-state index in [4.69, 9.17) is 4.99 Å². The quantitative estimate of drug-likeness (QED) is 0.645. The summed E-state index contributed by atoms with van der Waals surface area (Å²) in [5.74, 6) is 0.749. The van der Waals surface area contributed by atoms with Crippen LogP contribution in [0.25, 0.3) is 0 Å². The van der Waals surface area contributed by atoms with Crippen LogP contribution in [0.3, 0.4) is 0 Å². The Morgan fingerprint density at radius 2 is 1.81 bits per heavy atom. The van der Waals surface area contributed by atoms with Crippen LogP contribution in [0.5, 0.6) is 0 Å². The minimum atomic E-state index is 0.749.